The maximum Gasteiger partial charge on any atom is 0.132 e. The van der Waals surface area contributed by atoms with Crippen molar-refractivity contribution >= 4 is 5.82 Å². The molecule has 0 spiro atoms. The molecule has 0 radical (unpaired) electrons. The van der Waals surface area contributed by atoms with Crippen molar-refractivity contribution in [2.75, 3.05) is 11.9 Å². The van der Waals surface area contributed by atoms with Crippen LogP contribution in [-0.4, -0.2) is 17.0 Å². The third-order valence-corrected chi connectivity index (χ3v) is 2.80. The number of benzene rings is 1. The van der Waals surface area contributed by atoms with Gasteiger partial charge < -0.3 is 4.90 Å². The van der Waals surface area contributed by atoms with E-state index in [1.807, 2.05) is 18.0 Å². The van der Waals surface area contributed by atoms with Gasteiger partial charge in [-0.3, -0.25) is 0 Å². The van der Waals surface area contributed by atoms with E-state index in [-0.39, 0.29) is 5.82 Å². The summed E-state index contributed by atoms with van der Waals surface area (Å²) in [5, 5.41) is 0. The topological polar surface area (TPSA) is 29.0 Å². The van der Waals surface area contributed by atoms with Gasteiger partial charge in [-0.15, -0.1) is 0 Å². The number of anilines is 1. The second-order valence-corrected chi connectivity index (χ2v) is 4.20. The fourth-order valence-electron chi connectivity index (χ4n) is 1.73. The molecule has 4 heteroatoms. The Morgan fingerprint density at radius 1 is 1.17 bits per heavy atom. The van der Waals surface area contributed by atoms with E-state index in [0.29, 0.717) is 6.54 Å². The van der Waals surface area contributed by atoms with Crippen LogP contribution in [0, 0.1) is 5.82 Å². The number of hydrogen-bond acceptors (Lipinski definition) is 3. The molecule has 0 N–H and O–H groups in total. The Morgan fingerprint density at radius 2 is 1.89 bits per heavy atom. The summed E-state index contributed by atoms with van der Waals surface area (Å²) in [6.07, 6.45) is 2.47. The molecule has 3 nitrogen and oxygen atoms in total. The van der Waals surface area contributed by atoms with E-state index >= 15 is 0 Å². The van der Waals surface area contributed by atoms with E-state index in [2.05, 4.69) is 16.9 Å². The van der Waals surface area contributed by atoms with Crippen LogP contribution in [0.25, 0.3) is 0 Å². The highest BCUT2D eigenvalue weighted by Gasteiger charge is 2.05. The smallest absolute Gasteiger partial charge is 0.132 e. The minimum atomic E-state index is -0.211. The minimum Gasteiger partial charge on any atom is -0.355 e. The second kappa shape index (κ2) is 5.58. The molecule has 2 rings (SSSR count). The Morgan fingerprint density at radius 3 is 2.56 bits per heavy atom. The van der Waals surface area contributed by atoms with Crippen molar-refractivity contribution in [1.82, 2.24) is 9.97 Å². The molecule has 0 aliphatic heterocycles. The summed E-state index contributed by atoms with van der Waals surface area (Å²) in [6, 6.07) is 8.49. The van der Waals surface area contributed by atoms with E-state index in [1.54, 1.807) is 18.5 Å². The number of hydrogen-bond donors (Lipinski definition) is 0. The summed E-state index contributed by atoms with van der Waals surface area (Å²) in [7, 11) is 1.96. The van der Waals surface area contributed by atoms with Crippen molar-refractivity contribution in [1.29, 1.82) is 0 Å². The fraction of sp³-hybridized carbons (Fsp3) is 0.286. The molecule has 0 fully saturated rings. The van der Waals surface area contributed by atoms with Gasteiger partial charge in [0.2, 0.25) is 0 Å². The van der Waals surface area contributed by atoms with Crippen LogP contribution in [0.1, 0.15) is 18.2 Å². The van der Waals surface area contributed by atoms with Gasteiger partial charge in [-0.25, -0.2) is 14.4 Å². The molecule has 0 bridgehead atoms. The number of halogens is 1. The molecule has 0 saturated heterocycles. The predicted molar refractivity (Wildman–Crippen MR) is 69.9 cm³/mol. The van der Waals surface area contributed by atoms with Crippen LogP contribution >= 0.6 is 0 Å². The van der Waals surface area contributed by atoms with Crippen LogP contribution in [0.5, 0.6) is 0 Å². The van der Waals surface area contributed by atoms with E-state index in [0.717, 1.165) is 23.5 Å². The normalized spacial score (nSPS) is 10.4. The van der Waals surface area contributed by atoms with E-state index in [4.69, 9.17) is 0 Å². The SMILES string of the molecule is CCc1cc(N(C)Cc2ccc(F)cc2)ncn1. The summed E-state index contributed by atoms with van der Waals surface area (Å²) in [6.45, 7) is 2.76. The first-order valence-corrected chi connectivity index (χ1v) is 5.95. The van der Waals surface area contributed by atoms with Gasteiger partial charge in [0.1, 0.15) is 18.0 Å². The first-order chi connectivity index (χ1) is 8.69. The average molecular weight is 245 g/mol. The van der Waals surface area contributed by atoms with Gasteiger partial charge >= 0.3 is 0 Å². The van der Waals surface area contributed by atoms with Crippen molar-refractivity contribution in [3.05, 3.63) is 53.7 Å². The molecule has 0 aliphatic rings. The Bertz CT molecular complexity index is 511. The van der Waals surface area contributed by atoms with Crippen molar-refractivity contribution < 1.29 is 4.39 Å². The van der Waals surface area contributed by atoms with Crippen LogP contribution in [0.15, 0.2) is 36.7 Å². The van der Waals surface area contributed by atoms with Crippen molar-refractivity contribution in [2.24, 2.45) is 0 Å². The lowest BCUT2D eigenvalue weighted by Crippen LogP contribution is -2.18. The Balaban J connectivity index is 2.11. The van der Waals surface area contributed by atoms with Gasteiger partial charge in [-0.1, -0.05) is 19.1 Å². The summed E-state index contributed by atoms with van der Waals surface area (Å²) in [4.78, 5) is 10.4. The average Bonchev–Trinajstić information content (AvgIpc) is 2.41. The van der Waals surface area contributed by atoms with Crippen LogP contribution in [0.3, 0.4) is 0 Å². The van der Waals surface area contributed by atoms with E-state index < -0.39 is 0 Å². The summed E-state index contributed by atoms with van der Waals surface area (Å²) in [5.41, 5.74) is 2.07. The maximum atomic E-state index is 12.8. The Hall–Kier alpha value is -1.97. The molecule has 0 unspecified atom stereocenters. The molecule has 2 aromatic rings. The molecule has 1 heterocycles. The molecular formula is C14H16FN3. The third-order valence-electron chi connectivity index (χ3n) is 2.80. The molecule has 0 aliphatic carbocycles. The molecule has 18 heavy (non-hydrogen) atoms. The lowest BCUT2D eigenvalue weighted by Gasteiger charge is -2.18. The molecule has 94 valence electrons. The monoisotopic (exact) mass is 245 g/mol. The van der Waals surface area contributed by atoms with E-state index in [9.17, 15) is 4.39 Å². The minimum absolute atomic E-state index is 0.211. The van der Waals surface area contributed by atoms with Gasteiger partial charge in [-0.2, -0.15) is 0 Å². The first kappa shape index (κ1) is 12.5. The van der Waals surface area contributed by atoms with Crippen molar-refractivity contribution in [3.63, 3.8) is 0 Å². The largest absolute Gasteiger partial charge is 0.355 e. The fourth-order valence-corrected chi connectivity index (χ4v) is 1.73. The standard InChI is InChI=1S/C14H16FN3/c1-3-13-8-14(17-10-16-13)18(2)9-11-4-6-12(15)7-5-11/h4-8,10H,3,9H2,1-2H3. The number of nitrogens with zero attached hydrogens (tertiary/aromatic N) is 3. The van der Waals surface area contributed by atoms with Gasteiger partial charge in [0.25, 0.3) is 0 Å². The van der Waals surface area contributed by atoms with Crippen LogP contribution < -0.4 is 4.90 Å². The van der Waals surface area contributed by atoms with Gasteiger partial charge in [0, 0.05) is 25.4 Å². The highest BCUT2D eigenvalue weighted by Crippen LogP contribution is 2.13. The Labute approximate surface area is 106 Å². The van der Waals surface area contributed by atoms with E-state index in [1.165, 1.54) is 12.1 Å². The van der Waals surface area contributed by atoms with Gasteiger partial charge in [-0.05, 0) is 24.1 Å². The van der Waals surface area contributed by atoms with Crippen LogP contribution in [0.4, 0.5) is 10.2 Å². The lowest BCUT2D eigenvalue weighted by atomic mass is 10.2. The Kier molecular flexibility index (Phi) is 3.87. The highest BCUT2D eigenvalue weighted by molar-refractivity contribution is 5.39. The van der Waals surface area contributed by atoms with Gasteiger partial charge in [0.15, 0.2) is 0 Å². The maximum absolute atomic E-state index is 12.8. The quantitative estimate of drug-likeness (QED) is 0.829. The highest BCUT2D eigenvalue weighted by atomic mass is 19.1. The molecular weight excluding hydrogens is 229 g/mol. The molecule has 0 saturated carbocycles. The second-order valence-electron chi connectivity index (χ2n) is 4.20. The van der Waals surface area contributed by atoms with Crippen LogP contribution in [0.2, 0.25) is 0 Å². The molecule has 0 amide bonds. The number of aromatic nitrogens is 2. The van der Waals surface area contributed by atoms with Gasteiger partial charge in [0.05, 0.1) is 0 Å². The first-order valence-electron chi connectivity index (χ1n) is 5.95. The zero-order valence-corrected chi connectivity index (χ0v) is 10.6. The zero-order valence-electron chi connectivity index (χ0n) is 10.6. The summed E-state index contributed by atoms with van der Waals surface area (Å²) in [5.74, 6) is 0.669. The zero-order chi connectivity index (χ0) is 13.0. The molecule has 1 aromatic heterocycles. The van der Waals surface area contributed by atoms with Crippen molar-refractivity contribution in [2.45, 2.75) is 19.9 Å². The lowest BCUT2D eigenvalue weighted by molar-refractivity contribution is 0.627. The predicted octanol–water partition coefficient (Wildman–Crippen LogP) is 2.81. The third kappa shape index (κ3) is 3.03. The van der Waals surface area contributed by atoms with Crippen LogP contribution in [-0.2, 0) is 13.0 Å². The number of rotatable bonds is 4. The molecule has 1 aromatic carbocycles. The number of aryl methyl sites for hydroxylation is 1. The molecule has 0 atom stereocenters. The summed E-state index contributed by atoms with van der Waals surface area (Å²) >= 11 is 0. The summed E-state index contributed by atoms with van der Waals surface area (Å²) < 4.78 is 12.8. The van der Waals surface area contributed by atoms with Crippen molar-refractivity contribution in [3.8, 4) is 0 Å².